The van der Waals surface area contributed by atoms with Crippen molar-refractivity contribution in [3.05, 3.63) is 69.8 Å². The number of rotatable bonds is 7. The Hall–Kier alpha value is -4.08. The van der Waals surface area contributed by atoms with E-state index in [1.165, 1.54) is 26.2 Å². The Labute approximate surface area is 201 Å². The summed E-state index contributed by atoms with van der Waals surface area (Å²) >= 11 is 0. The first kappa shape index (κ1) is 24.1. The van der Waals surface area contributed by atoms with Crippen molar-refractivity contribution >= 4 is 29.2 Å². The van der Waals surface area contributed by atoms with E-state index in [2.05, 4.69) is 0 Å². The van der Waals surface area contributed by atoms with E-state index in [4.69, 9.17) is 4.74 Å². The Morgan fingerprint density at radius 3 is 1.97 bits per heavy atom. The Morgan fingerprint density at radius 1 is 0.971 bits per heavy atom. The highest BCUT2D eigenvalue weighted by Crippen LogP contribution is 2.39. The number of Topliss-reactive ketones (excluding diaryl/α,β-unsaturated/α-hetero) is 1. The fourth-order valence-electron chi connectivity index (χ4n) is 4.76. The van der Waals surface area contributed by atoms with E-state index in [0.717, 1.165) is 35.0 Å². The molecule has 2 aromatic rings. The van der Waals surface area contributed by atoms with Crippen LogP contribution in [0.25, 0.3) is 0 Å². The number of benzene rings is 2. The van der Waals surface area contributed by atoms with Gasteiger partial charge in [0.15, 0.2) is 5.78 Å². The SMILES string of the molecule is COc1ccc(C(=O)[C@H](C)N(C(=O)c2ccc([N+](=O)[O-])cc2)N2C(=O)[C@H]3CCCC[C@H]3C2=O)cc1. The third-order valence-corrected chi connectivity index (χ3v) is 6.69. The number of ether oxygens (including phenoxy) is 1. The molecule has 2 aliphatic rings. The van der Waals surface area contributed by atoms with Crippen molar-refractivity contribution in [3.8, 4) is 5.75 Å². The lowest BCUT2D eigenvalue weighted by molar-refractivity contribution is -0.384. The van der Waals surface area contributed by atoms with Gasteiger partial charge >= 0.3 is 0 Å². The van der Waals surface area contributed by atoms with Crippen LogP contribution >= 0.6 is 0 Å². The molecule has 0 N–H and O–H groups in total. The lowest BCUT2D eigenvalue weighted by atomic mass is 9.81. The lowest BCUT2D eigenvalue weighted by Crippen LogP contribution is -2.56. The fraction of sp³-hybridized carbons (Fsp3) is 0.360. The zero-order valence-electron chi connectivity index (χ0n) is 19.4. The Kier molecular flexibility index (Phi) is 6.63. The highest BCUT2D eigenvalue weighted by Gasteiger charge is 2.53. The number of hydrogen-bond donors (Lipinski definition) is 0. The lowest BCUT2D eigenvalue weighted by Gasteiger charge is -2.34. The van der Waals surface area contributed by atoms with Crippen LogP contribution in [-0.2, 0) is 9.59 Å². The minimum absolute atomic E-state index is 0.0143. The number of ketones is 1. The number of hydrogen-bond acceptors (Lipinski definition) is 7. The van der Waals surface area contributed by atoms with Crippen LogP contribution in [0.5, 0.6) is 5.75 Å². The standard InChI is InChI=1S/C25H25N3O7/c1-15(22(29)16-9-13-19(35-2)14-10-16)26(23(30)17-7-11-18(12-8-17)28(33)34)27-24(31)20-5-3-4-6-21(20)25(27)32/h7-15,20-21H,3-6H2,1-2H3/t15-,20-,21+/m0/s1. The zero-order valence-corrected chi connectivity index (χ0v) is 19.4. The van der Waals surface area contributed by atoms with Crippen LogP contribution in [0.15, 0.2) is 48.5 Å². The summed E-state index contributed by atoms with van der Waals surface area (Å²) in [4.78, 5) is 64.0. The highest BCUT2D eigenvalue weighted by atomic mass is 16.6. The van der Waals surface area contributed by atoms with Gasteiger partial charge in [-0.05, 0) is 56.2 Å². The molecule has 3 atom stereocenters. The number of hydrazine groups is 1. The zero-order chi connectivity index (χ0) is 25.3. The average Bonchev–Trinajstić information content (AvgIpc) is 3.13. The topological polar surface area (TPSA) is 127 Å². The number of carbonyl (C=O) groups is 4. The number of imide groups is 1. The van der Waals surface area contributed by atoms with E-state index in [-0.39, 0.29) is 16.8 Å². The Morgan fingerprint density at radius 2 is 1.49 bits per heavy atom. The molecule has 182 valence electrons. The predicted molar refractivity (Wildman–Crippen MR) is 123 cm³/mol. The van der Waals surface area contributed by atoms with E-state index < -0.39 is 46.3 Å². The quantitative estimate of drug-likeness (QED) is 0.258. The predicted octanol–water partition coefficient (Wildman–Crippen LogP) is 3.41. The second-order valence-electron chi connectivity index (χ2n) is 8.71. The van der Waals surface area contributed by atoms with Crippen LogP contribution in [-0.4, -0.2) is 51.6 Å². The largest absolute Gasteiger partial charge is 0.497 e. The molecule has 1 heterocycles. The number of nitro groups is 1. The number of fused-ring (bicyclic) bond motifs is 1. The summed E-state index contributed by atoms with van der Waals surface area (Å²) in [6, 6.07) is 9.90. The summed E-state index contributed by atoms with van der Waals surface area (Å²) in [5.41, 5.74) is 0.0755. The molecule has 10 heteroatoms. The minimum Gasteiger partial charge on any atom is -0.497 e. The molecule has 10 nitrogen and oxygen atoms in total. The van der Waals surface area contributed by atoms with Crippen LogP contribution in [0.2, 0.25) is 0 Å². The summed E-state index contributed by atoms with van der Waals surface area (Å²) in [7, 11) is 1.49. The molecule has 0 aromatic heterocycles. The van der Waals surface area contributed by atoms with Gasteiger partial charge in [-0.2, -0.15) is 5.01 Å². The van der Waals surface area contributed by atoms with E-state index in [9.17, 15) is 29.3 Å². The summed E-state index contributed by atoms with van der Waals surface area (Å²) in [6.45, 7) is 1.46. The Bertz CT molecular complexity index is 1150. The molecule has 1 saturated carbocycles. The first-order valence-corrected chi connectivity index (χ1v) is 11.4. The molecule has 0 bridgehead atoms. The van der Waals surface area contributed by atoms with Crippen LogP contribution in [0.1, 0.15) is 53.3 Å². The first-order chi connectivity index (χ1) is 16.7. The van der Waals surface area contributed by atoms with Crippen molar-refractivity contribution in [2.24, 2.45) is 11.8 Å². The number of carbonyl (C=O) groups excluding carboxylic acids is 4. The Balaban J connectivity index is 1.73. The van der Waals surface area contributed by atoms with Gasteiger partial charge in [0.25, 0.3) is 23.4 Å². The van der Waals surface area contributed by atoms with Crippen LogP contribution < -0.4 is 4.74 Å². The third-order valence-electron chi connectivity index (χ3n) is 6.69. The van der Waals surface area contributed by atoms with E-state index in [1.807, 2.05) is 0 Å². The normalized spacial score (nSPS) is 20.2. The van der Waals surface area contributed by atoms with E-state index in [1.54, 1.807) is 24.3 Å². The van der Waals surface area contributed by atoms with Gasteiger partial charge in [0, 0.05) is 23.3 Å². The molecule has 0 spiro atoms. The molecular formula is C25H25N3O7. The van der Waals surface area contributed by atoms with Crippen molar-refractivity contribution in [2.75, 3.05) is 7.11 Å². The summed E-state index contributed by atoms with van der Waals surface area (Å²) in [5.74, 6) is -2.73. The summed E-state index contributed by atoms with van der Waals surface area (Å²) in [6.07, 6.45) is 2.72. The van der Waals surface area contributed by atoms with Gasteiger partial charge in [0.05, 0.1) is 23.9 Å². The molecule has 1 aliphatic carbocycles. The molecule has 0 radical (unpaired) electrons. The molecule has 0 unspecified atom stereocenters. The van der Waals surface area contributed by atoms with Gasteiger partial charge in [0.2, 0.25) is 0 Å². The molecule has 4 rings (SSSR count). The average molecular weight is 479 g/mol. The van der Waals surface area contributed by atoms with Gasteiger partial charge in [-0.3, -0.25) is 29.3 Å². The second kappa shape index (κ2) is 9.65. The van der Waals surface area contributed by atoms with Crippen LogP contribution in [0.3, 0.4) is 0 Å². The fourth-order valence-corrected chi connectivity index (χ4v) is 4.76. The second-order valence-corrected chi connectivity index (χ2v) is 8.71. The molecule has 1 aliphatic heterocycles. The summed E-state index contributed by atoms with van der Waals surface area (Å²) in [5, 5.41) is 12.8. The maximum Gasteiger partial charge on any atom is 0.273 e. The smallest absolute Gasteiger partial charge is 0.273 e. The molecule has 35 heavy (non-hydrogen) atoms. The maximum absolute atomic E-state index is 13.6. The monoisotopic (exact) mass is 479 g/mol. The first-order valence-electron chi connectivity index (χ1n) is 11.4. The highest BCUT2D eigenvalue weighted by molar-refractivity contribution is 6.10. The van der Waals surface area contributed by atoms with Gasteiger partial charge in [-0.25, -0.2) is 5.01 Å². The molecule has 2 aromatic carbocycles. The van der Waals surface area contributed by atoms with Crippen LogP contribution in [0, 0.1) is 22.0 Å². The van der Waals surface area contributed by atoms with Gasteiger partial charge in [-0.1, -0.05) is 12.8 Å². The number of nitrogens with zero attached hydrogens (tertiary/aromatic N) is 3. The van der Waals surface area contributed by atoms with Crippen molar-refractivity contribution < 1.29 is 28.8 Å². The van der Waals surface area contributed by atoms with Gasteiger partial charge in [-0.15, -0.1) is 0 Å². The van der Waals surface area contributed by atoms with Gasteiger partial charge in [0.1, 0.15) is 11.8 Å². The maximum atomic E-state index is 13.6. The van der Waals surface area contributed by atoms with Crippen molar-refractivity contribution in [3.63, 3.8) is 0 Å². The molecule has 3 amide bonds. The number of methoxy groups -OCH3 is 1. The minimum atomic E-state index is -1.20. The summed E-state index contributed by atoms with van der Waals surface area (Å²) < 4.78 is 5.12. The molecule has 1 saturated heterocycles. The number of nitro benzene ring substituents is 1. The van der Waals surface area contributed by atoms with E-state index in [0.29, 0.717) is 18.6 Å². The third kappa shape index (κ3) is 4.39. The van der Waals surface area contributed by atoms with Crippen molar-refractivity contribution in [2.45, 2.75) is 38.6 Å². The number of non-ortho nitro benzene ring substituents is 1. The molecular weight excluding hydrogens is 454 g/mol. The van der Waals surface area contributed by atoms with Gasteiger partial charge < -0.3 is 4.74 Å². The molecule has 2 fully saturated rings. The van der Waals surface area contributed by atoms with E-state index >= 15 is 0 Å². The van der Waals surface area contributed by atoms with Crippen molar-refractivity contribution in [1.29, 1.82) is 0 Å². The number of amides is 3. The van der Waals surface area contributed by atoms with Crippen LogP contribution in [0.4, 0.5) is 5.69 Å². The van der Waals surface area contributed by atoms with Crippen molar-refractivity contribution in [1.82, 2.24) is 10.0 Å².